The average Bonchev–Trinajstić information content (AvgIpc) is 3.28. The minimum atomic E-state index is -1.44. The number of furan rings is 1. The van der Waals surface area contributed by atoms with E-state index < -0.39 is 40.4 Å². The van der Waals surface area contributed by atoms with Crippen LogP contribution in [0.5, 0.6) is 0 Å². The van der Waals surface area contributed by atoms with Gasteiger partial charge in [-0.2, -0.15) is 0 Å². The van der Waals surface area contributed by atoms with Gasteiger partial charge in [-0.15, -0.1) is 11.6 Å². The number of benzene rings is 2. The van der Waals surface area contributed by atoms with E-state index in [2.05, 4.69) is 10.6 Å². The zero-order valence-electron chi connectivity index (χ0n) is 16.6. The zero-order chi connectivity index (χ0) is 22.8. The number of hydrogen-bond acceptors (Lipinski definition) is 3. The number of carbonyl (C=O) groups is 2. The third-order valence-electron chi connectivity index (χ3n) is 6.28. The third-order valence-corrected chi connectivity index (χ3v) is 7.17. The molecular formula is C23H16Cl3FN2O3. The van der Waals surface area contributed by atoms with E-state index in [9.17, 15) is 14.0 Å². The standard InChI is InChI=1S/C23H16Cl3FN2O3/c1-10-2-4-12(27)9-13(10)20-23(14-5-3-11(24)8-15(14)28-22(23)31)18(19(26)21(30)29-20)16-6-7-17(25)32-16/h2-9,18-20H,1H3,(H,28,31)(H,29,30)/t18-,19+,20-,23+/m1/s1. The summed E-state index contributed by atoms with van der Waals surface area (Å²) < 4.78 is 20.0. The normalized spacial score (nSPS) is 26.7. The Balaban J connectivity index is 1.86. The Bertz CT molecular complexity index is 1280. The number of alkyl halides is 1. The topological polar surface area (TPSA) is 71.3 Å². The lowest BCUT2D eigenvalue weighted by molar-refractivity contribution is -0.131. The fourth-order valence-electron chi connectivity index (χ4n) is 4.93. The van der Waals surface area contributed by atoms with Crippen molar-refractivity contribution in [2.75, 3.05) is 5.32 Å². The number of halogens is 4. The quantitative estimate of drug-likeness (QED) is 0.464. The molecule has 1 spiro atoms. The maximum atomic E-state index is 14.3. The number of piperidine rings is 1. The number of aryl methyl sites for hydroxylation is 1. The molecule has 2 aromatic carbocycles. The second-order valence-corrected chi connectivity index (χ2v) is 9.26. The predicted molar refractivity (Wildman–Crippen MR) is 120 cm³/mol. The van der Waals surface area contributed by atoms with Crippen molar-refractivity contribution in [3.05, 3.63) is 87.0 Å². The Morgan fingerprint density at radius 3 is 2.56 bits per heavy atom. The highest BCUT2D eigenvalue weighted by Crippen LogP contribution is 2.59. The summed E-state index contributed by atoms with van der Waals surface area (Å²) in [5.41, 5.74) is 0.783. The molecule has 32 heavy (non-hydrogen) atoms. The Hall–Kier alpha value is -2.54. The minimum Gasteiger partial charge on any atom is -0.449 e. The molecule has 164 valence electrons. The molecule has 1 fully saturated rings. The molecule has 5 nitrogen and oxygen atoms in total. The highest BCUT2D eigenvalue weighted by atomic mass is 35.5. The summed E-state index contributed by atoms with van der Waals surface area (Å²) in [6.07, 6.45) is 0. The van der Waals surface area contributed by atoms with Gasteiger partial charge in [0.25, 0.3) is 0 Å². The van der Waals surface area contributed by atoms with Crippen molar-refractivity contribution in [1.82, 2.24) is 5.32 Å². The van der Waals surface area contributed by atoms with E-state index in [0.717, 1.165) is 0 Å². The number of nitrogens with one attached hydrogen (secondary N) is 2. The molecule has 2 amide bonds. The Labute approximate surface area is 197 Å². The first-order valence-electron chi connectivity index (χ1n) is 9.80. The Kier molecular flexibility index (Phi) is 5.00. The Morgan fingerprint density at radius 2 is 1.84 bits per heavy atom. The van der Waals surface area contributed by atoms with Gasteiger partial charge >= 0.3 is 0 Å². The molecule has 0 aliphatic carbocycles. The molecule has 4 atom stereocenters. The fraction of sp³-hybridized carbons (Fsp3) is 0.217. The summed E-state index contributed by atoms with van der Waals surface area (Å²) in [5, 5.41) is 5.11. The SMILES string of the molecule is Cc1ccc(F)cc1[C@H]1NC(=O)[C@@H](Cl)[C@@H](c2ccc(Cl)o2)[C@]12C(=O)Nc1cc(Cl)ccc12. The first-order chi connectivity index (χ1) is 15.2. The summed E-state index contributed by atoms with van der Waals surface area (Å²) in [6, 6.07) is 11.4. The molecule has 9 heteroatoms. The molecule has 0 radical (unpaired) electrons. The van der Waals surface area contributed by atoms with E-state index in [1.165, 1.54) is 18.2 Å². The second kappa shape index (κ2) is 7.51. The monoisotopic (exact) mass is 492 g/mol. The van der Waals surface area contributed by atoms with Gasteiger partial charge in [0, 0.05) is 10.7 Å². The highest BCUT2D eigenvalue weighted by molar-refractivity contribution is 6.33. The van der Waals surface area contributed by atoms with Crippen LogP contribution in [0.3, 0.4) is 0 Å². The summed E-state index contributed by atoms with van der Waals surface area (Å²) in [6.45, 7) is 1.79. The minimum absolute atomic E-state index is 0.0956. The maximum Gasteiger partial charge on any atom is 0.239 e. The molecule has 3 aromatic rings. The van der Waals surface area contributed by atoms with E-state index in [0.29, 0.717) is 27.4 Å². The van der Waals surface area contributed by atoms with E-state index in [-0.39, 0.29) is 11.0 Å². The van der Waals surface area contributed by atoms with Crippen LogP contribution in [0.2, 0.25) is 10.2 Å². The predicted octanol–water partition coefficient (Wildman–Crippen LogP) is 5.49. The van der Waals surface area contributed by atoms with Crippen LogP contribution in [0.25, 0.3) is 0 Å². The molecular weight excluding hydrogens is 478 g/mol. The van der Waals surface area contributed by atoms with Crippen LogP contribution in [0.1, 0.15) is 34.4 Å². The lowest BCUT2D eigenvalue weighted by Crippen LogP contribution is -2.61. The molecule has 0 bridgehead atoms. The van der Waals surface area contributed by atoms with Gasteiger partial charge in [0.2, 0.25) is 11.8 Å². The van der Waals surface area contributed by atoms with Crippen LogP contribution in [0, 0.1) is 12.7 Å². The van der Waals surface area contributed by atoms with Gasteiger partial charge in [-0.3, -0.25) is 9.59 Å². The zero-order valence-corrected chi connectivity index (χ0v) is 18.9. The van der Waals surface area contributed by atoms with E-state index in [1.54, 1.807) is 37.3 Å². The van der Waals surface area contributed by atoms with Crippen LogP contribution >= 0.6 is 34.8 Å². The maximum absolute atomic E-state index is 14.3. The third kappa shape index (κ3) is 2.97. The largest absolute Gasteiger partial charge is 0.449 e. The lowest BCUT2D eigenvalue weighted by Gasteiger charge is -2.47. The number of amides is 2. The van der Waals surface area contributed by atoms with E-state index in [1.807, 2.05) is 0 Å². The average molecular weight is 494 g/mol. The van der Waals surface area contributed by atoms with Gasteiger partial charge in [-0.1, -0.05) is 23.7 Å². The molecule has 3 heterocycles. The number of anilines is 1. The van der Waals surface area contributed by atoms with Gasteiger partial charge < -0.3 is 15.1 Å². The number of rotatable bonds is 2. The van der Waals surface area contributed by atoms with Crippen LogP contribution in [0.15, 0.2) is 52.9 Å². The molecule has 2 aliphatic rings. The summed E-state index contributed by atoms with van der Waals surface area (Å²) >= 11 is 18.8. The van der Waals surface area contributed by atoms with Crippen molar-refractivity contribution < 1.29 is 18.4 Å². The summed E-state index contributed by atoms with van der Waals surface area (Å²) in [7, 11) is 0. The van der Waals surface area contributed by atoms with Crippen LogP contribution < -0.4 is 10.6 Å². The fourth-order valence-corrected chi connectivity index (χ4v) is 5.64. The van der Waals surface area contributed by atoms with Crippen molar-refractivity contribution in [1.29, 1.82) is 0 Å². The van der Waals surface area contributed by atoms with Crippen molar-refractivity contribution >= 4 is 52.3 Å². The van der Waals surface area contributed by atoms with Gasteiger partial charge in [-0.05, 0) is 71.6 Å². The van der Waals surface area contributed by atoms with Crippen LogP contribution in [0.4, 0.5) is 10.1 Å². The van der Waals surface area contributed by atoms with Crippen molar-refractivity contribution in [3.8, 4) is 0 Å². The van der Waals surface area contributed by atoms with Crippen molar-refractivity contribution in [2.45, 2.75) is 29.7 Å². The van der Waals surface area contributed by atoms with E-state index in [4.69, 9.17) is 39.2 Å². The summed E-state index contributed by atoms with van der Waals surface area (Å²) in [5.74, 6) is -2.05. The molecule has 2 aliphatic heterocycles. The highest BCUT2D eigenvalue weighted by Gasteiger charge is 2.65. The molecule has 1 aromatic heterocycles. The van der Waals surface area contributed by atoms with Crippen LogP contribution in [-0.4, -0.2) is 17.2 Å². The smallest absolute Gasteiger partial charge is 0.239 e. The van der Waals surface area contributed by atoms with Crippen molar-refractivity contribution in [2.24, 2.45) is 0 Å². The van der Waals surface area contributed by atoms with Gasteiger partial charge in [-0.25, -0.2) is 4.39 Å². The molecule has 5 rings (SSSR count). The van der Waals surface area contributed by atoms with Gasteiger partial charge in [0.15, 0.2) is 5.22 Å². The van der Waals surface area contributed by atoms with Crippen LogP contribution in [-0.2, 0) is 15.0 Å². The first-order valence-corrected chi connectivity index (χ1v) is 11.0. The summed E-state index contributed by atoms with van der Waals surface area (Å²) in [4.78, 5) is 26.8. The number of hydrogen-bond donors (Lipinski definition) is 2. The van der Waals surface area contributed by atoms with Gasteiger partial charge in [0.05, 0.1) is 12.0 Å². The molecule has 0 saturated carbocycles. The second-order valence-electron chi connectivity index (χ2n) is 7.98. The van der Waals surface area contributed by atoms with Gasteiger partial charge in [0.1, 0.15) is 22.4 Å². The first kappa shape index (κ1) is 21.3. The van der Waals surface area contributed by atoms with E-state index >= 15 is 0 Å². The molecule has 2 N–H and O–H groups in total. The Morgan fingerprint density at radius 1 is 1.06 bits per heavy atom. The number of carbonyl (C=O) groups excluding carboxylic acids is 2. The molecule has 1 saturated heterocycles. The van der Waals surface area contributed by atoms with Crippen molar-refractivity contribution in [3.63, 3.8) is 0 Å². The number of fused-ring (bicyclic) bond motifs is 2. The molecule has 0 unspecified atom stereocenters. The lowest BCUT2D eigenvalue weighted by atomic mass is 9.60.